The van der Waals surface area contributed by atoms with Gasteiger partial charge in [0.05, 0.1) is 0 Å². The Morgan fingerprint density at radius 3 is 2.83 bits per heavy atom. The van der Waals surface area contributed by atoms with Gasteiger partial charge >= 0.3 is 5.97 Å². The van der Waals surface area contributed by atoms with Gasteiger partial charge in [0.1, 0.15) is 0 Å². The molecule has 0 saturated carbocycles. The smallest absolute Gasteiger partial charge is 0.328 e. The van der Waals surface area contributed by atoms with E-state index in [-0.39, 0.29) is 0 Å². The third-order valence-electron chi connectivity index (χ3n) is 2.63. The maximum Gasteiger partial charge on any atom is 0.328 e. The van der Waals surface area contributed by atoms with Crippen molar-refractivity contribution >= 4 is 21.9 Å². The summed E-state index contributed by atoms with van der Waals surface area (Å²) in [4.78, 5) is 11.0. The highest BCUT2D eigenvalue weighted by atomic mass is 79.9. The Kier molecular flexibility index (Phi) is 3.42. The number of benzene rings is 1. The average molecular weight is 311 g/mol. The van der Waals surface area contributed by atoms with Crippen LogP contribution >= 0.6 is 15.9 Å². The van der Waals surface area contributed by atoms with Crippen molar-refractivity contribution in [3.63, 3.8) is 0 Å². The molecule has 2 rings (SSSR count). The van der Waals surface area contributed by atoms with E-state index in [4.69, 9.17) is 5.11 Å². The summed E-state index contributed by atoms with van der Waals surface area (Å²) < 4.78 is 2.28. The van der Waals surface area contributed by atoms with Crippen LogP contribution in [0.2, 0.25) is 0 Å². The van der Waals surface area contributed by atoms with E-state index >= 15 is 0 Å². The van der Waals surface area contributed by atoms with E-state index in [1.54, 1.807) is 0 Å². The van der Waals surface area contributed by atoms with Gasteiger partial charge in [0, 0.05) is 10.0 Å². The average Bonchev–Trinajstić information content (AvgIpc) is 2.80. The van der Waals surface area contributed by atoms with Crippen molar-refractivity contribution < 1.29 is 9.90 Å². The molecule has 7 heteroatoms. The molecule has 0 aliphatic rings. The van der Waals surface area contributed by atoms with Gasteiger partial charge in [-0.1, -0.05) is 15.9 Å². The van der Waals surface area contributed by atoms with Gasteiger partial charge in [0.25, 0.3) is 0 Å². The van der Waals surface area contributed by atoms with Crippen LogP contribution in [0.25, 0.3) is 11.4 Å². The summed E-state index contributed by atoms with van der Waals surface area (Å²) in [6.45, 7) is 3.48. The number of rotatable bonds is 3. The Bertz CT molecular complexity index is 596. The largest absolute Gasteiger partial charge is 0.480 e. The minimum atomic E-state index is -0.975. The number of halogens is 1. The predicted molar refractivity (Wildman–Crippen MR) is 68.0 cm³/mol. The molecule has 0 amide bonds. The number of hydrogen-bond donors (Lipinski definition) is 1. The topological polar surface area (TPSA) is 80.9 Å². The lowest BCUT2D eigenvalue weighted by molar-refractivity contribution is -0.140. The first-order chi connectivity index (χ1) is 8.50. The molecule has 1 heterocycles. The lowest BCUT2D eigenvalue weighted by Gasteiger charge is -2.09. The summed E-state index contributed by atoms with van der Waals surface area (Å²) in [5.74, 6) is -0.530. The fourth-order valence-corrected chi connectivity index (χ4v) is 1.78. The maximum absolute atomic E-state index is 11.0. The Hall–Kier alpha value is -1.76. The van der Waals surface area contributed by atoms with Crippen LogP contribution in [0.15, 0.2) is 22.7 Å². The lowest BCUT2D eigenvalue weighted by Crippen LogP contribution is -2.18. The zero-order chi connectivity index (χ0) is 13.3. The van der Waals surface area contributed by atoms with Gasteiger partial charge in [-0.25, -0.2) is 9.48 Å². The number of aromatic nitrogens is 4. The first-order valence-electron chi connectivity index (χ1n) is 5.28. The number of aliphatic carboxylic acids is 1. The first kappa shape index (κ1) is 12.7. The summed E-state index contributed by atoms with van der Waals surface area (Å²) in [6, 6.07) is 4.82. The minimum absolute atomic E-state index is 0.445. The summed E-state index contributed by atoms with van der Waals surface area (Å²) in [5, 5.41) is 20.2. The molecule has 6 nitrogen and oxygen atoms in total. The number of hydrogen-bond acceptors (Lipinski definition) is 4. The van der Waals surface area contributed by atoms with Crippen molar-refractivity contribution in [3.8, 4) is 11.4 Å². The Balaban J connectivity index is 2.48. The number of carboxylic acids is 1. The molecule has 1 atom stereocenters. The third kappa shape index (κ3) is 2.26. The van der Waals surface area contributed by atoms with Gasteiger partial charge in [-0.2, -0.15) is 0 Å². The molecule has 1 unspecified atom stereocenters. The van der Waals surface area contributed by atoms with Crippen molar-refractivity contribution in [2.45, 2.75) is 19.9 Å². The van der Waals surface area contributed by atoms with Crippen molar-refractivity contribution in [3.05, 3.63) is 28.2 Å². The first-order valence-corrected chi connectivity index (χ1v) is 6.07. The van der Waals surface area contributed by atoms with Crippen molar-refractivity contribution in [2.24, 2.45) is 0 Å². The quantitative estimate of drug-likeness (QED) is 0.938. The molecule has 0 radical (unpaired) electrons. The van der Waals surface area contributed by atoms with Crippen molar-refractivity contribution in [1.29, 1.82) is 0 Å². The highest BCUT2D eigenvalue weighted by Gasteiger charge is 2.20. The molecule has 0 aliphatic heterocycles. The number of carboxylic acid groups (broad SMARTS) is 1. The Morgan fingerprint density at radius 1 is 1.50 bits per heavy atom. The molecule has 1 aromatic carbocycles. The van der Waals surface area contributed by atoms with E-state index in [1.807, 2.05) is 25.1 Å². The van der Waals surface area contributed by atoms with Crippen LogP contribution in [-0.2, 0) is 4.79 Å². The van der Waals surface area contributed by atoms with Crippen LogP contribution in [-0.4, -0.2) is 31.3 Å². The van der Waals surface area contributed by atoms with Crippen molar-refractivity contribution in [2.75, 3.05) is 0 Å². The molecule has 0 aliphatic carbocycles. The number of carbonyl (C=O) groups is 1. The molecule has 1 N–H and O–H groups in total. The summed E-state index contributed by atoms with van der Waals surface area (Å²) in [6.07, 6.45) is 0. The molecule has 0 spiro atoms. The number of aryl methyl sites for hydroxylation is 1. The normalized spacial score (nSPS) is 12.4. The van der Waals surface area contributed by atoms with Gasteiger partial charge < -0.3 is 5.11 Å². The van der Waals surface area contributed by atoms with Gasteiger partial charge in [-0.3, -0.25) is 0 Å². The van der Waals surface area contributed by atoms with Crippen LogP contribution in [0.1, 0.15) is 18.5 Å². The zero-order valence-corrected chi connectivity index (χ0v) is 11.4. The van der Waals surface area contributed by atoms with E-state index in [9.17, 15) is 4.79 Å². The van der Waals surface area contributed by atoms with Crippen LogP contribution in [0.3, 0.4) is 0 Å². The van der Waals surface area contributed by atoms with E-state index in [1.165, 1.54) is 11.6 Å². The Morgan fingerprint density at radius 2 is 2.22 bits per heavy atom. The van der Waals surface area contributed by atoms with Crippen LogP contribution in [0.5, 0.6) is 0 Å². The molecule has 0 fully saturated rings. The molecule has 1 aromatic heterocycles. The molecule has 18 heavy (non-hydrogen) atoms. The number of nitrogens with zero attached hydrogens (tertiary/aromatic N) is 4. The molecule has 2 aromatic rings. The van der Waals surface area contributed by atoms with Gasteiger partial charge in [0.2, 0.25) is 0 Å². The van der Waals surface area contributed by atoms with Crippen LogP contribution < -0.4 is 0 Å². The molecular weight excluding hydrogens is 300 g/mol. The fourth-order valence-electron chi connectivity index (χ4n) is 1.53. The summed E-state index contributed by atoms with van der Waals surface area (Å²) in [7, 11) is 0. The van der Waals surface area contributed by atoms with E-state index in [0.29, 0.717) is 5.82 Å². The zero-order valence-electron chi connectivity index (χ0n) is 9.83. The van der Waals surface area contributed by atoms with Crippen LogP contribution in [0.4, 0.5) is 0 Å². The minimum Gasteiger partial charge on any atom is -0.480 e. The summed E-state index contributed by atoms with van der Waals surface area (Å²) >= 11 is 3.41. The van der Waals surface area contributed by atoms with Crippen molar-refractivity contribution in [1.82, 2.24) is 20.2 Å². The Labute approximate surface area is 112 Å². The maximum atomic E-state index is 11.0. The standard InChI is InChI=1S/C11H11BrN4O2/c1-6-5-8(3-4-9(6)12)10-13-14-15-16(10)7(2)11(17)18/h3-5,7H,1-2H3,(H,17,18). The lowest BCUT2D eigenvalue weighted by atomic mass is 10.1. The fraction of sp³-hybridized carbons (Fsp3) is 0.273. The second-order valence-electron chi connectivity index (χ2n) is 3.93. The van der Waals surface area contributed by atoms with Crippen LogP contribution in [0, 0.1) is 6.92 Å². The number of tetrazole rings is 1. The predicted octanol–water partition coefficient (Wildman–Crippen LogP) is 2.06. The van der Waals surface area contributed by atoms with Gasteiger partial charge in [-0.05, 0) is 48.0 Å². The molecule has 0 saturated heterocycles. The van der Waals surface area contributed by atoms with Gasteiger partial charge in [-0.15, -0.1) is 5.10 Å². The van der Waals surface area contributed by atoms with Gasteiger partial charge in [0.15, 0.2) is 11.9 Å². The molecular formula is C11H11BrN4O2. The second kappa shape index (κ2) is 4.85. The molecule has 0 bridgehead atoms. The second-order valence-corrected chi connectivity index (χ2v) is 4.78. The van der Waals surface area contributed by atoms with E-state index in [0.717, 1.165) is 15.6 Å². The highest BCUT2D eigenvalue weighted by Crippen LogP contribution is 2.24. The molecule has 94 valence electrons. The monoisotopic (exact) mass is 310 g/mol. The highest BCUT2D eigenvalue weighted by molar-refractivity contribution is 9.10. The summed E-state index contributed by atoms with van der Waals surface area (Å²) in [5.41, 5.74) is 1.82. The third-order valence-corrected chi connectivity index (χ3v) is 3.52. The SMILES string of the molecule is Cc1cc(-c2nnnn2C(C)C(=O)O)ccc1Br. The van der Waals surface area contributed by atoms with E-state index in [2.05, 4.69) is 31.5 Å². The van der Waals surface area contributed by atoms with E-state index < -0.39 is 12.0 Å².